The van der Waals surface area contributed by atoms with Crippen LogP contribution in [0.2, 0.25) is 0 Å². The number of nitrogens with one attached hydrogen (secondary N) is 1. The molecule has 0 aromatic rings. The Morgan fingerprint density at radius 3 is 1.65 bits per heavy atom. The van der Waals surface area contributed by atoms with E-state index >= 15 is 0 Å². The van der Waals surface area contributed by atoms with E-state index in [0.717, 1.165) is 89.9 Å². The van der Waals surface area contributed by atoms with E-state index in [4.69, 9.17) is 4.74 Å². The summed E-state index contributed by atoms with van der Waals surface area (Å²) in [6.07, 6.45) is 57.5. The van der Waals surface area contributed by atoms with E-state index in [1.54, 1.807) is 0 Å². The van der Waals surface area contributed by atoms with Gasteiger partial charge in [-0.05, 0) is 77.0 Å². The summed E-state index contributed by atoms with van der Waals surface area (Å²) >= 11 is 0. The topological polar surface area (TPSA) is 95.9 Å². The fraction of sp³-hybridized carbons (Fsp3) is 0.647. The number of hydrogen-bond acceptors (Lipinski definition) is 5. The Hall–Kier alpha value is -3.22. The Bertz CT molecular complexity index is 1160. The van der Waals surface area contributed by atoms with Gasteiger partial charge in [0.15, 0.2) is 0 Å². The van der Waals surface area contributed by atoms with E-state index in [0.29, 0.717) is 19.3 Å². The minimum absolute atomic E-state index is 0.0280. The molecule has 1 amide bonds. The van der Waals surface area contributed by atoms with Crippen LogP contribution in [-0.4, -0.2) is 46.9 Å². The molecule has 0 radical (unpaired) electrons. The number of carbonyl (C=O) groups is 2. The molecule has 0 saturated carbocycles. The van der Waals surface area contributed by atoms with Gasteiger partial charge in [-0.15, -0.1) is 0 Å². The summed E-state index contributed by atoms with van der Waals surface area (Å²) in [5, 5.41) is 23.6. The second-order valence-electron chi connectivity index (χ2n) is 15.2. The normalized spacial score (nSPS) is 14.3. The van der Waals surface area contributed by atoms with E-state index in [1.807, 2.05) is 48.6 Å². The van der Waals surface area contributed by atoms with Crippen molar-refractivity contribution in [2.24, 2.45) is 0 Å². The number of aliphatic hydroxyl groups excluding tert-OH is 2. The van der Waals surface area contributed by atoms with Crippen LogP contribution in [0, 0.1) is 0 Å². The molecule has 0 bridgehead atoms. The summed E-state index contributed by atoms with van der Waals surface area (Å²) in [6, 6.07) is -0.727. The highest BCUT2D eigenvalue weighted by molar-refractivity contribution is 5.77. The summed E-state index contributed by atoms with van der Waals surface area (Å²) in [5.74, 6) is -0.574. The van der Waals surface area contributed by atoms with Gasteiger partial charge in [0.05, 0.1) is 25.2 Å². The van der Waals surface area contributed by atoms with Gasteiger partial charge in [0, 0.05) is 6.42 Å². The third-order valence-corrected chi connectivity index (χ3v) is 9.79. The largest absolute Gasteiger partial charge is 0.462 e. The molecular weight excluding hydrogens is 707 g/mol. The number of rotatable bonds is 39. The van der Waals surface area contributed by atoms with Crippen molar-refractivity contribution in [2.45, 2.75) is 206 Å². The number of allylic oxidation sites excluding steroid dienone is 16. The van der Waals surface area contributed by atoms with Crippen LogP contribution in [0.1, 0.15) is 188 Å². The van der Waals surface area contributed by atoms with Crippen molar-refractivity contribution in [2.75, 3.05) is 6.61 Å². The molecule has 3 atom stereocenters. The van der Waals surface area contributed by atoms with Crippen molar-refractivity contribution < 1.29 is 24.5 Å². The van der Waals surface area contributed by atoms with E-state index in [9.17, 15) is 19.8 Å². The molecule has 0 aliphatic rings. The first-order chi connectivity index (χ1) is 28.0. The van der Waals surface area contributed by atoms with E-state index in [2.05, 4.69) is 74.7 Å². The molecule has 6 nitrogen and oxygen atoms in total. The highest BCUT2D eigenvalue weighted by atomic mass is 16.5. The van der Waals surface area contributed by atoms with Crippen molar-refractivity contribution >= 4 is 11.9 Å². The SMILES string of the molecule is CC/C=C/C=C/C=C\C=C/C=C/CCCCCC(=O)OC(CCCC/C=C/C/C=C/C/C=C/CC)CC(=O)NC(CO)C(O)CCCCCCCCCCCCC. The maximum absolute atomic E-state index is 13.1. The molecule has 0 spiro atoms. The summed E-state index contributed by atoms with van der Waals surface area (Å²) in [5.41, 5.74) is 0. The van der Waals surface area contributed by atoms with Crippen molar-refractivity contribution in [1.82, 2.24) is 5.32 Å². The summed E-state index contributed by atoms with van der Waals surface area (Å²) < 4.78 is 5.86. The third kappa shape index (κ3) is 39.4. The highest BCUT2D eigenvalue weighted by Crippen LogP contribution is 2.16. The summed E-state index contributed by atoms with van der Waals surface area (Å²) in [6.45, 7) is 6.17. The molecule has 0 aliphatic heterocycles. The lowest BCUT2D eigenvalue weighted by atomic mass is 10.0. The number of aliphatic hydroxyl groups is 2. The van der Waals surface area contributed by atoms with Gasteiger partial charge in [0.1, 0.15) is 6.10 Å². The van der Waals surface area contributed by atoms with Gasteiger partial charge in [-0.1, -0.05) is 195 Å². The van der Waals surface area contributed by atoms with Gasteiger partial charge in [0.25, 0.3) is 0 Å². The Morgan fingerprint density at radius 1 is 0.544 bits per heavy atom. The van der Waals surface area contributed by atoms with Crippen LogP contribution in [0.15, 0.2) is 97.2 Å². The number of ether oxygens (including phenoxy) is 1. The van der Waals surface area contributed by atoms with Gasteiger partial charge in [0.2, 0.25) is 5.91 Å². The number of hydrogen-bond donors (Lipinski definition) is 3. The van der Waals surface area contributed by atoms with Gasteiger partial charge >= 0.3 is 5.97 Å². The molecule has 57 heavy (non-hydrogen) atoms. The lowest BCUT2D eigenvalue weighted by Gasteiger charge is -2.24. The molecular formula is C51H85NO5. The number of amides is 1. The summed E-state index contributed by atoms with van der Waals surface area (Å²) in [7, 11) is 0. The molecule has 3 N–H and O–H groups in total. The lowest BCUT2D eigenvalue weighted by molar-refractivity contribution is -0.151. The monoisotopic (exact) mass is 792 g/mol. The van der Waals surface area contributed by atoms with Crippen LogP contribution in [0.5, 0.6) is 0 Å². The minimum atomic E-state index is -0.809. The van der Waals surface area contributed by atoms with Crippen LogP contribution in [-0.2, 0) is 14.3 Å². The lowest BCUT2D eigenvalue weighted by Crippen LogP contribution is -2.46. The van der Waals surface area contributed by atoms with Gasteiger partial charge in [-0.25, -0.2) is 0 Å². The standard InChI is InChI=1S/C51H85NO5/c1-4-7-10-13-16-19-22-24-25-26-29-32-35-38-41-44-51(56)57-47(42-39-36-33-30-28-23-20-17-14-11-8-5-2)45-50(55)52-48(46-53)49(54)43-40-37-34-31-27-21-18-15-12-9-6-3/h7-8,10-11,13,16-17,19-20,22,24-26,28-30,47-49,53-54H,4-6,9,12,14-15,18,21,23,27,31-46H2,1-3H3,(H,52,55)/b10-7+,11-8+,16-13+,20-17+,22-19-,25-24-,29-26+,30-28+. The number of unbranched alkanes of at least 4 members (excludes halogenated alkanes) is 15. The Balaban J connectivity index is 4.76. The van der Waals surface area contributed by atoms with Gasteiger partial charge in [-0.2, -0.15) is 0 Å². The first-order valence-corrected chi connectivity index (χ1v) is 23.0. The summed E-state index contributed by atoms with van der Waals surface area (Å²) in [4.78, 5) is 26.0. The molecule has 0 fully saturated rings. The number of esters is 1. The molecule has 0 aromatic carbocycles. The zero-order valence-corrected chi connectivity index (χ0v) is 36.7. The Labute approximate surface area is 350 Å². The Morgan fingerprint density at radius 2 is 1.04 bits per heavy atom. The molecule has 3 unspecified atom stereocenters. The first-order valence-electron chi connectivity index (χ1n) is 23.0. The molecule has 0 rings (SSSR count). The van der Waals surface area contributed by atoms with E-state index < -0.39 is 18.2 Å². The fourth-order valence-electron chi connectivity index (χ4n) is 6.35. The van der Waals surface area contributed by atoms with Gasteiger partial charge in [-0.3, -0.25) is 9.59 Å². The smallest absolute Gasteiger partial charge is 0.306 e. The maximum atomic E-state index is 13.1. The van der Waals surface area contributed by atoms with Crippen LogP contribution in [0.4, 0.5) is 0 Å². The average molecular weight is 792 g/mol. The van der Waals surface area contributed by atoms with Crippen LogP contribution >= 0.6 is 0 Å². The molecule has 0 aromatic heterocycles. The third-order valence-electron chi connectivity index (χ3n) is 9.79. The second kappa shape index (κ2) is 43.9. The van der Waals surface area contributed by atoms with Crippen molar-refractivity contribution in [3.05, 3.63) is 97.2 Å². The number of carbonyl (C=O) groups excluding carboxylic acids is 2. The predicted octanol–water partition coefficient (Wildman–Crippen LogP) is 13.4. The fourth-order valence-corrected chi connectivity index (χ4v) is 6.35. The molecule has 324 valence electrons. The predicted molar refractivity (Wildman–Crippen MR) is 245 cm³/mol. The first kappa shape index (κ1) is 53.8. The quantitative estimate of drug-likeness (QED) is 0.0249. The van der Waals surface area contributed by atoms with Crippen molar-refractivity contribution in [3.8, 4) is 0 Å². The zero-order chi connectivity index (χ0) is 41.7. The molecule has 0 aliphatic carbocycles. The maximum Gasteiger partial charge on any atom is 0.306 e. The van der Waals surface area contributed by atoms with E-state index in [-0.39, 0.29) is 24.9 Å². The molecule has 6 heteroatoms. The molecule has 0 heterocycles. The van der Waals surface area contributed by atoms with Crippen LogP contribution in [0.25, 0.3) is 0 Å². The zero-order valence-electron chi connectivity index (χ0n) is 36.7. The Kier molecular flexibility index (Phi) is 41.4. The highest BCUT2D eigenvalue weighted by Gasteiger charge is 2.24. The van der Waals surface area contributed by atoms with Crippen molar-refractivity contribution in [1.29, 1.82) is 0 Å². The van der Waals surface area contributed by atoms with Crippen molar-refractivity contribution in [3.63, 3.8) is 0 Å². The van der Waals surface area contributed by atoms with Gasteiger partial charge < -0.3 is 20.3 Å². The van der Waals surface area contributed by atoms with E-state index in [1.165, 1.54) is 51.4 Å². The minimum Gasteiger partial charge on any atom is -0.462 e. The second-order valence-corrected chi connectivity index (χ2v) is 15.2. The molecule has 0 saturated heterocycles. The average Bonchev–Trinajstić information content (AvgIpc) is 3.20. The van der Waals surface area contributed by atoms with Crippen LogP contribution < -0.4 is 5.32 Å². The van der Waals surface area contributed by atoms with Crippen LogP contribution in [0.3, 0.4) is 0 Å².